The van der Waals surface area contributed by atoms with Gasteiger partial charge in [0, 0.05) is 30.9 Å². The standard InChI is InChI=1S/C20H21N5O2/c1-13-3-2-7-24(12-13)20(27)15-9-14-6-8-25(19(14)23-10-15)16-4-5-17(18(21)26)22-11-16/h4-6,8-11,13H,2-3,7,12H2,1H3,(H2,21,26)/t13-/m0/s1. The smallest absolute Gasteiger partial charge is 0.267 e. The first-order valence-corrected chi connectivity index (χ1v) is 9.05. The van der Waals surface area contributed by atoms with Crippen molar-refractivity contribution in [3.8, 4) is 5.69 Å². The van der Waals surface area contributed by atoms with E-state index in [2.05, 4.69) is 16.9 Å². The number of amides is 2. The van der Waals surface area contributed by atoms with Gasteiger partial charge in [0.15, 0.2) is 0 Å². The summed E-state index contributed by atoms with van der Waals surface area (Å²) in [5, 5.41) is 0.880. The Labute approximate surface area is 156 Å². The van der Waals surface area contributed by atoms with Crippen LogP contribution in [-0.4, -0.2) is 44.3 Å². The summed E-state index contributed by atoms with van der Waals surface area (Å²) in [7, 11) is 0. The summed E-state index contributed by atoms with van der Waals surface area (Å²) in [6.07, 6.45) is 7.30. The zero-order valence-corrected chi connectivity index (χ0v) is 15.1. The van der Waals surface area contributed by atoms with Gasteiger partial charge in [0.05, 0.1) is 17.4 Å². The molecule has 1 aliphatic heterocycles. The number of nitrogens with zero attached hydrogens (tertiary/aromatic N) is 4. The van der Waals surface area contributed by atoms with Crippen LogP contribution in [0.3, 0.4) is 0 Å². The first-order valence-electron chi connectivity index (χ1n) is 9.05. The molecule has 1 fully saturated rings. The number of hydrogen-bond acceptors (Lipinski definition) is 4. The third-order valence-corrected chi connectivity index (χ3v) is 5.00. The van der Waals surface area contributed by atoms with Crippen LogP contribution in [0.2, 0.25) is 0 Å². The summed E-state index contributed by atoms with van der Waals surface area (Å²) in [6.45, 7) is 3.79. The Kier molecular flexibility index (Phi) is 4.35. The number of rotatable bonds is 3. The maximum Gasteiger partial charge on any atom is 0.267 e. The van der Waals surface area contributed by atoms with Crippen molar-refractivity contribution in [3.63, 3.8) is 0 Å². The van der Waals surface area contributed by atoms with Gasteiger partial charge in [-0.1, -0.05) is 6.92 Å². The monoisotopic (exact) mass is 363 g/mol. The van der Waals surface area contributed by atoms with Crippen LogP contribution in [0, 0.1) is 5.92 Å². The predicted molar refractivity (Wildman–Crippen MR) is 102 cm³/mol. The first-order chi connectivity index (χ1) is 13.0. The van der Waals surface area contributed by atoms with Gasteiger partial charge in [-0.3, -0.25) is 14.2 Å². The molecule has 3 aromatic rings. The summed E-state index contributed by atoms with van der Waals surface area (Å²) in [5.41, 5.74) is 7.55. The lowest BCUT2D eigenvalue weighted by Crippen LogP contribution is -2.39. The van der Waals surface area contributed by atoms with Gasteiger partial charge in [-0.05, 0) is 43.0 Å². The molecule has 0 radical (unpaired) electrons. The normalized spacial score (nSPS) is 17.2. The van der Waals surface area contributed by atoms with Crippen molar-refractivity contribution in [3.05, 3.63) is 54.1 Å². The highest BCUT2D eigenvalue weighted by molar-refractivity contribution is 5.97. The fourth-order valence-corrected chi connectivity index (χ4v) is 3.58. The Bertz CT molecular complexity index is 1010. The molecule has 2 amide bonds. The van der Waals surface area contributed by atoms with Crippen LogP contribution in [0.4, 0.5) is 0 Å². The zero-order chi connectivity index (χ0) is 19.0. The van der Waals surface area contributed by atoms with Crippen molar-refractivity contribution in [1.29, 1.82) is 0 Å². The number of likely N-dealkylation sites (tertiary alicyclic amines) is 1. The number of nitrogens with two attached hydrogens (primary N) is 1. The molecule has 0 bridgehead atoms. The van der Waals surface area contributed by atoms with Gasteiger partial charge >= 0.3 is 0 Å². The second kappa shape index (κ2) is 6.83. The molecule has 138 valence electrons. The Morgan fingerprint density at radius 2 is 2.04 bits per heavy atom. The quantitative estimate of drug-likeness (QED) is 0.773. The number of carbonyl (C=O) groups is 2. The van der Waals surface area contributed by atoms with E-state index in [9.17, 15) is 9.59 Å². The van der Waals surface area contributed by atoms with Crippen LogP contribution < -0.4 is 5.73 Å². The molecule has 0 aliphatic carbocycles. The molecule has 7 heteroatoms. The minimum absolute atomic E-state index is 0.0381. The average Bonchev–Trinajstić information content (AvgIpc) is 3.10. The van der Waals surface area contributed by atoms with Gasteiger partial charge in [0.2, 0.25) is 0 Å². The fraction of sp³-hybridized carbons (Fsp3) is 0.300. The molecule has 1 saturated heterocycles. The lowest BCUT2D eigenvalue weighted by molar-refractivity contribution is 0.0682. The number of primary amides is 1. The maximum atomic E-state index is 12.8. The third kappa shape index (κ3) is 3.28. The summed E-state index contributed by atoms with van der Waals surface area (Å²) < 4.78 is 1.87. The summed E-state index contributed by atoms with van der Waals surface area (Å²) in [4.78, 5) is 34.5. The van der Waals surface area contributed by atoms with Gasteiger partial charge in [-0.15, -0.1) is 0 Å². The fourth-order valence-electron chi connectivity index (χ4n) is 3.58. The van der Waals surface area contributed by atoms with Gasteiger partial charge in [0.25, 0.3) is 11.8 Å². The minimum Gasteiger partial charge on any atom is -0.364 e. The van der Waals surface area contributed by atoms with Gasteiger partial charge in [-0.2, -0.15) is 0 Å². The van der Waals surface area contributed by atoms with Crippen LogP contribution in [0.25, 0.3) is 16.7 Å². The van der Waals surface area contributed by atoms with Crippen molar-refractivity contribution in [1.82, 2.24) is 19.4 Å². The highest BCUT2D eigenvalue weighted by Crippen LogP contribution is 2.22. The molecule has 4 rings (SSSR count). The second-order valence-corrected chi connectivity index (χ2v) is 7.09. The van der Waals surface area contributed by atoms with E-state index in [4.69, 9.17) is 5.73 Å². The molecule has 7 nitrogen and oxygen atoms in total. The Morgan fingerprint density at radius 1 is 1.19 bits per heavy atom. The summed E-state index contributed by atoms with van der Waals surface area (Å²) in [5.74, 6) is 0.0137. The van der Waals surface area contributed by atoms with Crippen molar-refractivity contribution >= 4 is 22.8 Å². The highest BCUT2D eigenvalue weighted by Gasteiger charge is 2.22. The topological polar surface area (TPSA) is 94.1 Å². The molecule has 2 N–H and O–H groups in total. The molecule has 0 aromatic carbocycles. The number of aromatic nitrogens is 3. The predicted octanol–water partition coefficient (Wildman–Crippen LogP) is 2.39. The molecule has 4 heterocycles. The van der Waals surface area contributed by atoms with Crippen molar-refractivity contribution < 1.29 is 9.59 Å². The molecule has 27 heavy (non-hydrogen) atoms. The number of hydrogen-bond donors (Lipinski definition) is 1. The number of fused-ring (bicyclic) bond motifs is 1. The molecular formula is C20H21N5O2. The van der Waals surface area contributed by atoms with E-state index in [0.717, 1.165) is 36.2 Å². The van der Waals surface area contributed by atoms with Crippen molar-refractivity contribution in [2.24, 2.45) is 11.7 Å². The Balaban J connectivity index is 1.63. The van der Waals surface area contributed by atoms with Crippen LogP contribution >= 0.6 is 0 Å². The van der Waals surface area contributed by atoms with Gasteiger partial charge in [-0.25, -0.2) is 9.97 Å². The van der Waals surface area contributed by atoms with E-state index >= 15 is 0 Å². The van der Waals surface area contributed by atoms with Crippen molar-refractivity contribution in [2.75, 3.05) is 13.1 Å². The molecule has 1 aliphatic rings. The highest BCUT2D eigenvalue weighted by atomic mass is 16.2. The second-order valence-electron chi connectivity index (χ2n) is 7.09. The summed E-state index contributed by atoms with van der Waals surface area (Å²) >= 11 is 0. The lowest BCUT2D eigenvalue weighted by Gasteiger charge is -2.30. The molecular weight excluding hydrogens is 342 g/mol. The lowest BCUT2D eigenvalue weighted by atomic mass is 9.99. The number of carbonyl (C=O) groups excluding carboxylic acids is 2. The molecule has 0 unspecified atom stereocenters. The van der Waals surface area contributed by atoms with Gasteiger partial charge in [0.1, 0.15) is 11.3 Å². The van der Waals surface area contributed by atoms with E-state index in [1.54, 1.807) is 24.5 Å². The number of piperidine rings is 1. The van der Waals surface area contributed by atoms with Crippen LogP contribution in [0.5, 0.6) is 0 Å². The van der Waals surface area contributed by atoms with E-state index in [1.165, 1.54) is 6.42 Å². The molecule has 0 saturated carbocycles. The van der Waals surface area contributed by atoms with E-state index in [-0.39, 0.29) is 11.6 Å². The Morgan fingerprint density at radius 3 is 2.74 bits per heavy atom. The Hall–Kier alpha value is -3.22. The van der Waals surface area contributed by atoms with Crippen LogP contribution in [-0.2, 0) is 0 Å². The summed E-state index contributed by atoms with van der Waals surface area (Å²) in [6, 6.07) is 7.15. The van der Waals surface area contributed by atoms with Crippen LogP contribution in [0.1, 0.15) is 40.6 Å². The zero-order valence-electron chi connectivity index (χ0n) is 15.1. The van der Waals surface area contributed by atoms with E-state index in [0.29, 0.717) is 11.5 Å². The molecule has 0 spiro atoms. The number of pyridine rings is 2. The largest absolute Gasteiger partial charge is 0.364 e. The molecule has 3 aromatic heterocycles. The van der Waals surface area contributed by atoms with Crippen LogP contribution in [0.15, 0.2) is 42.9 Å². The van der Waals surface area contributed by atoms with E-state index in [1.807, 2.05) is 27.8 Å². The SMILES string of the molecule is C[C@H]1CCCN(C(=O)c2cnc3c(ccn3-c3ccc(C(N)=O)nc3)c2)C1. The van der Waals surface area contributed by atoms with E-state index < -0.39 is 5.91 Å². The average molecular weight is 363 g/mol. The van der Waals surface area contributed by atoms with Gasteiger partial charge < -0.3 is 10.6 Å². The third-order valence-electron chi connectivity index (χ3n) is 5.00. The van der Waals surface area contributed by atoms with Crippen molar-refractivity contribution in [2.45, 2.75) is 19.8 Å². The maximum absolute atomic E-state index is 12.8. The minimum atomic E-state index is -0.563. The first kappa shape index (κ1) is 17.2. The molecule has 1 atom stereocenters.